The molecule has 1 amide bonds. The summed E-state index contributed by atoms with van der Waals surface area (Å²) in [5, 5.41) is 4.28. The molecule has 1 aromatic heterocycles. The number of H-pyrrole nitrogens is 1. The lowest BCUT2D eigenvalue weighted by molar-refractivity contribution is -0.121. The molecular weight excluding hydrogens is 438 g/mol. The van der Waals surface area contributed by atoms with Gasteiger partial charge >= 0.3 is 0 Å². The number of likely N-dealkylation sites (N-methyl/N-ethyl adjacent to an activating group) is 1. The van der Waals surface area contributed by atoms with Crippen molar-refractivity contribution in [3.05, 3.63) is 83.9 Å². The first-order valence-electron chi connectivity index (χ1n) is 11.8. The molecule has 4 aromatic rings. The number of amides is 1. The summed E-state index contributed by atoms with van der Waals surface area (Å²) in [5.41, 5.74) is 5.38. The summed E-state index contributed by atoms with van der Waals surface area (Å²) in [4.78, 5) is 18.6. The van der Waals surface area contributed by atoms with E-state index in [4.69, 9.17) is 9.47 Å². The second kappa shape index (κ2) is 11.1. The normalized spacial score (nSPS) is 12.0. The highest BCUT2D eigenvalue weighted by atomic mass is 16.5. The van der Waals surface area contributed by atoms with Crippen molar-refractivity contribution in [2.45, 2.75) is 18.9 Å². The number of benzene rings is 3. The fraction of sp³-hybridized carbons (Fsp3) is 0.276. The Hall–Kier alpha value is -3.77. The van der Waals surface area contributed by atoms with Crippen molar-refractivity contribution in [1.29, 1.82) is 0 Å². The van der Waals surface area contributed by atoms with Crippen molar-refractivity contribution >= 4 is 16.8 Å². The Morgan fingerprint density at radius 3 is 2.37 bits per heavy atom. The molecule has 0 bridgehead atoms. The Bertz CT molecular complexity index is 1280. The van der Waals surface area contributed by atoms with E-state index in [0.717, 1.165) is 44.8 Å². The maximum absolute atomic E-state index is 12.9. The zero-order chi connectivity index (χ0) is 24.8. The quantitative estimate of drug-likeness (QED) is 0.333. The number of ether oxygens (including phenoxy) is 2. The van der Waals surface area contributed by atoms with Crippen LogP contribution in [0.1, 0.15) is 23.6 Å². The molecule has 0 saturated heterocycles. The number of nitrogens with one attached hydrogen (secondary N) is 2. The summed E-state index contributed by atoms with van der Waals surface area (Å²) >= 11 is 0. The maximum atomic E-state index is 12.9. The van der Waals surface area contributed by atoms with Crippen molar-refractivity contribution in [2.24, 2.45) is 0 Å². The summed E-state index contributed by atoms with van der Waals surface area (Å²) in [6.45, 7) is 0.505. The molecular formula is C29H33N3O3. The fourth-order valence-electron chi connectivity index (χ4n) is 4.51. The Morgan fingerprint density at radius 1 is 0.943 bits per heavy atom. The molecule has 1 atom stereocenters. The fourth-order valence-corrected chi connectivity index (χ4v) is 4.51. The summed E-state index contributed by atoms with van der Waals surface area (Å²) in [7, 11) is 7.36. The van der Waals surface area contributed by atoms with Crippen molar-refractivity contribution in [3.63, 3.8) is 0 Å². The predicted octanol–water partition coefficient (Wildman–Crippen LogP) is 5.20. The lowest BCUT2D eigenvalue weighted by Crippen LogP contribution is -2.34. The average Bonchev–Trinajstić information content (AvgIpc) is 3.26. The number of para-hydroxylation sites is 2. The van der Waals surface area contributed by atoms with Crippen molar-refractivity contribution < 1.29 is 14.3 Å². The number of aromatic nitrogens is 1. The predicted molar refractivity (Wildman–Crippen MR) is 141 cm³/mol. The van der Waals surface area contributed by atoms with Gasteiger partial charge in [0, 0.05) is 35.1 Å². The minimum absolute atomic E-state index is 0.0121. The van der Waals surface area contributed by atoms with Crippen LogP contribution in [0.3, 0.4) is 0 Å². The van der Waals surface area contributed by atoms with Crippen LogP contribution in [0.15, 0.2) is 72.8 Å². The first-order chi connectivity index (χ1) is 17.0. The topological polar surface area (TPSA) is 66.6 Å². The Morgan fingerprint density at radius 2 is 1.66 bits per heavy atom. The lowest BCUT2D eigenvalue weighted by atomic mass is 10.0. The summed E-state index contributed by atoms with van der Waals surface area (Å²) in [5.74, 6) is 1.66. The van der Waals surface area contributed by atoms with E-state index in [9.17, 15) is 4.79 Å². The summed E-state index contributed by atoms with van der Waals surface area (Å²) in [6.07, 6.45) is 1.04. The zero-order valence-electron chi connectivity index (χ0n) is 20.8. The van der Waals surface area contributed by atoms with Crippen molar-refractivity contribution in [1.82, 2.24) is 15.2 Å². The van der Waals surface area contributed by atoms with Crippen molar-refractivity contribution in [3.8, 4) is 22.8 Å². The summed E-state index contributed by atoms with van der Waals surface area (Å²) < 4.78 is 10.8. The molecule has 6 nitrogen and oxygen atoms in total. The zero-order valence-corrected chi connectivity index (χ0v) is 20.8. The van der Waals surface area contributed by atoms with Gasteiger partial charge in [0.1, 0.15) is 11.5 Å². The lowest BCUT2D eigenvalue weighted by Gasteiger charge is -2.26. The van der Waals surface area contributed by atoms with E-state index in [2.05, 4.69) is 27.3 Å². The summed E-state index contributed by atoms with van der Waals surface area (Å²) in [6, 6.07) is 24.2. The van der Waals surface area contributed by atoms with Crippen LogP contribution < -0.4 is 14.8 Å². The van der Waals surface area contributed by atoms with Gasteiger partial charge in [0.05, 0.1) is 20.3 Å². The highest BCUT2D eigenvalue weighted by Crippen LogP contribution is 2.32. The molecule has 6 heteroatoms. The van der Waals surface area contributed by atoms with Gasteiger partial charge in [-0.2, -0.15) is 0 Å². The largest absolute Gasteiger partial charge is 0.497 e. The number of carbonyl (C=O) groups is 1. The number of nitrogens with zero attached hydrogens (tertiary/aromatic N) is 1. The molecule has 0 aliphatic heterocycles. The van der Waals surface area contributed by atoms with E-state index in [1.807, 2.05) is 74.8 Å². The molecule has 0 aliphatic rings. The van der Waals surface area contributed by atoms with Crippen LogP contribution in [-0.4, -0.2) is 50.7 Å². The first-order valence-corrected chi connectivity index (χ1v) is 11.8. The molecule has 0 saturated carbocycles. The van der Waals surface area contributed by atoms with Gasteiger partial charge in [-0.3, -0.25) is 4.79 Å². The third-order valence-corrected chi connectivity index (χ3v) is 6.41. The SMILES string of the molecule is COc1ccc(-c2[nH]c3ccccc3c2CCC(=O)NCC(c2ccccc2OC)N(C)C)cc1. The van der Waals surface area contributed by atoms with E-state index in [0.29, 0.717) is 19.4 Å². The number of hydrogen-bond donors (Lipinski definition) is 2. The number of methoxy groups -OCH3 is 2. The molecule has 0 radical (unpaired) electrons. The highest BCUT2D eigenvalue weighted by molar-refractivity contribution is 5.91. The molecule has 1 heterocycles. The van der Waals surface area contributed by atoms with E-state index >= 15 is 0 Å². The smallest absolute Gasteiger partial charge is 0.220 e. The highest BCUT2D eigenvalue weighted by Gasteiger charge is 2.20. The third kappa shape index (κ3) is 5.49. The van der Waals surface area contributed by atoms with Gasteiger partial charge in [-0.05, 0) is 68.0 Å². The van der Waals surface area contributed by atoms with Crippen LogP contribution in [-0.2, 0) is 11.2 Å². The van der Waals surface area contributed by atoms with Crippen molar-refractivity contribution in [2.75, 3.05) is 34.9 Å². The van der Waals surface area contributed by atoms with Gasteiger partial charge in [-0.15, -0.1) is 0 Å². The van der Waals surface area contributed by atoms with Crippen LogP contribution in [0.5, 0.6) is 11.5 Å². The van der Waals surface area contributed by atoms with Gasteiger partial charge in [0.15, 0.2) is 0 Å². The van der Waals surface area contributed by atoms with E-state index < -0.39 is 0 Å². The molecule has 0 spiro atoms. The number of aromatic amines is 1. The van der Waals surface area contributed by atoms with Gasteiger partial charge in [-0.1, -0.05) is 36.4 Å². The second-order valence-corrected chi connectivity index (χ2v) is 8.78. The second-order valence-electron chi connectivity index (χ2n) is 8.78. The standard InChI is InChI=1S/C29H33N3O3/c1-32(2)26(24-10-6-8-12-27(24)35-4)19-30-28(33)18-17-23-22-9-5-7-11-25(22)31-29(23)20-13-15-21(34-3)16-14-20/h5-16,26,31H,17-19H2,1-4H3,(H,30,33). The molecule has 182 valence electrons. The Balaban J connectivity index is 1.49. The van der Waals surface area contributed by atoms with Crippen LogP contribution in [0.2, 0.25) is 0 Å². The molecule has 0 aliphatic carbocycles. The van der Waals surface area contributed by atoms with Gasteiger partial charge < -0.3 is 24.7 Å². The molecule has 1 unspecified atom stereocenters. The van der Waals surface area contributed by atoms with E-state index in [-0.39, 0.29) is 11.9 Å². The van der Waals surface area contributed by atoms with E-state index in [1.165, 1.54) is 0 Å². The first kappa shape index (κ1) is 24.4. The molecule has 35 heavy (non-hydrogen) atoms. The number of hydrogen-bond acceptors (Lipinski definition) is 4. The number of carbonyl (C=O) groups excluding carboxylic acids is 1. The minimum Gasteiger partial charge on any atom is -0.497 e. The average molecular weight is 472 g/mol. The maximum Gasteiger partial charge on any atom is 0.220 e. The van der Waals surface area contributed by atoms with Gasteiger partial charge in [0.25, 0.3) is 0 Å². The monoisotopic (exact) mass is 471 g/mol. The van der Waals surface area contributed by atoms with Gasteiger partial charge in [0.2, 0.25) is 5.91 Å². The number of aryl methyl sites for hydroxylation is 1. The Kier molecular flexibility index (Phi) is 7.73. The molecule has 4 rings (SSSR count). The third-order valence-electron chi connectivity index (χ3n) is 6.41. The number of rotatable bonds is 10. The van der Waals surface area contributed by atoms with Crippen LogP contribution in [0.4, 0.5) is 0 Å². The van der Waals surface area contributed by atoms with Gasteiger partial charge in [-0.25, -0.2) is 0 Å². The van der Waals surface area contributed by atoms with Crippen LogP contribution in [0.25, 0.3) is 22.2 Å². The number of fused-ring (bicyclic) bond motifs is 1. The molecule has 2 N–H and O–H groups in total. The Labute approximate surface area is 206 Å². The van der Waals surface area contributed by atoms with Crippen LogP contribution >= 0.6 is 0 Å². The molecule has 3 aromatic carbocycles. The minimum atomic E-state index is 0.0121. The van der Waals surface area contributed by atoms with E-state index in [1.54, 1.807) is 14.2 Å². The molecule has 0 fully saturated rings. The van der Waals surface area contributed by atoms with Crippen LogP contribution in [0, 0.1) is 0 Å².